The van der Waals surface area contributed by atoms with E-state index in [-0.39, 0.29) is 11.8 Å². The monoisotopic (exact) mass is 227 g/mol. The Morgan fingerprint density at radius 3 is 2.88 bits per heavy atom. The zero-order chi connectivity index (χ0) is 11.8. The lowest BCUT2D eigenvalue weighted by Gasteiger charge is -2.21. The van der Waals surface area contributed by atoms with Gasteiger partial charge in [-0.15, -0.1) is 0 Å². The van der Waals surface area contributed by atoms with Crippen molar-refractivity contribution in [3.63, 3.8) is 0 Å². The van der Waals surface area contributed by atoms with Crippen molar-refractivity contribution in [2.24, 2.45) is 5.92 Å². The molecule has 0 aliphatic carbocycles. The summed E-state index contributed by atoms with van der Waals surface area (Å²) < 4.78 is 0. The van der Waals surface area contributed by atoms with Crippen LogP contribution < -0.4 is 10.6 Å². The molecule has 1 rings (SSSR count). The largest absolute Gasteiger partial charge is 0.356 e. The van der Waals surface area contributed by atoms with Crippen LogP contribution in [-0.4, -0.2) is 51.1 Å². The zero-order valence-corrected chi connectivity index (χ0v) is 10.6. The fraction of sp³-hybridized carbons (Fsp3) is 0.917. The van der Waals surface area contributed by atoms with E-state index >= 15 is 0 Å². The number of unbranched alkanes of at least 4 members (excludes halogenated alkanes) is 1. The lowest BCUT2D eigenvalue weighted by Crippen LogP contribution is -2.40. The molecule has 0 saturated carbocycles. The maximum Gasteiger partial charge on any atom is 0.224 e. The van der Waals surface area contributed by atoms with Gasteiger partial charge in [-0.05, 0) is 52.9 Å². The first-order chi connectivity index (χ1) is 7.70. The summed E-state index contributed by atoms with van der Waals surface area (Å²) in [6.45, 7) is 3.83. The lowest BCUT2D eigenvalue weighted by molar-refractivity contribution is -0.125. The summed E-state index contributed by atoms with van der Waals surface area (Å²) in [5.74, 6) is 0.430. The van der Waals surface area contributed by atoms with Gasteiger partial charge in [-0.2, -0.15) is 0 Å². The van der Waals surface area contributed by atoms with Gasteiger partial charge in [0.05, 0.1) is 5.92 Å². The molecule has 1 atom stereocenters. The Morgan fingerprint density at radius 2 is 2.25 bits per heavy atom. The van der Waals surface area contributed by atoms with Crippen molar-refractivity contribution in [2.75, 3.05) is 40.3 Å². The summed E-state index contributed by atoms with van der Waals surface area (Å²) in [5.41, 5.74) is 0. The van der Waals surface area contributed by atoms with Crippen LogP contribution in [-0.2, 0) is 4.79 Å². The topological polar surface area (TPSA) is 44.4 Å². The molecule has 4 heteroatoms. The smallest absolute Gasteiger partial charge is 0.224 e. The molecule has 1 fully saturated rings. The fourth-order valence-corrected chi connectivity index (χ4v) is 1.98. The van der Waals surface area contributed by atoms with Gasteiger partial charge < -0.3 is 15.5 Å². The Hall–Kier alpha value is -0.610. The van der Waals surface area contributed by atoms with E-state index in [1.807, 2.05) is 0 Å². The molecule has 0 aromatic carbocycles. The molecular formula is C12H25N3O. The second kappa shape index (κ2) is 7.63. The van der Waals surface area contributed by atoms with Crippen molar-refractivity contribution in [3.8, 4) is 0 Å². The first-order valence-electron chi connectivity index (χ1n) is 6.33. The first kappa shape index (κ1) is 13.5. The average Bonchev–Trinajstić information content (AvgIpc) is 2.29. The fourth-order valence-electron chi connectivity index (χ4n) is 1.98. The van der Waals surface area contributed by atoms with E-state index in [0.717, 1.165) is 51.9 Å². The van der Waals surface area contributed by atoms with Crippen molar-refractivity contribution in [1.29, 1.82) is 0 Å². The van der Waals surface area contributed by atoms with Crippen LogP contribution in [0.1, 0.15) is 25.7 Å². The van der Waals surface area contributed by atoms with Gasteiger partial charge >= 0.3 is 0 Å². The second-order valence-corrected chi connectivity index (χ2v) is 4.84. The minimum Gasteiger partial charge on any atom is -0.356 e. The summed E-state index contributed by atoms with van der Waals surface area (Å²) >= 11 is 0. The molecule has 1 amide bonds. The Balaban J connectivity index is 2.01. The van der Waals surface area contributed by atoms with Crippen LogP contribution in [0.2, 0.25) is 0 Å². The molecule has 4 nitrogen and oxygen atoms in total. The van der Waals surface area contributed by atoms with Crippen molar-refractivity contribution in [1.82, 2.24) is 15.5 Å². The Bertz CT molecular complexity index is 200. The number of nitrogens with zero attached hydrogens (tertiary/aromatic N) is 1. The predicted octanol–water partition coefficient (Wildman–Crippen LogP) is 0.444. The number of nitrogens with one attached hydrogen (secondary N) is 2. The third-order valence-corrected chi connectivity index (χ3v) is 3.00. The van der Waals surface area contributed by atoms with E-state index in [2.05, 4.69) is 29.6 Å². The van der Waals surface area contributed by atoms with Gasteiger partial charge in [-0.3, -0.25) is 4.79 Å². The Morgan fingerprint density at radius 1 is 1.44 bits per heavy atom. The van der Waals surface area contributed by atoms with E-state index in [1.54, 1.807) is 0 Å². The molecule has 0 bridgehead atoms. The molecule has 1 heterocycles. The van der Waals surface area contributed by atoms with Gasteiger partial charge in [-0.25, -0.2) is 0 Å². The van der Waals surface area contributed by atoms with E-state index in [1.165, 1.54) is 0 Å². The molecule has 16 heavy (non-hydrogen) atoms. The summed E-state index contributed by atoms with van der Waals surface area (Å²) in [5, 5.41) is 6.29. The highest BCUT2D eigenvalue weighted by Crippen LogP contribution is 2.09. The molecule has 0 aromatic heterocycles. The highest BCUT2D eigenvalue weighted by atomic mass is 16.1. The van der Waals surface area contributed by atoms with Crippen molar-refractivity contribution in [3.05, 3.63) is 0 Å². The van der Waals surface area contributed by atoms with Gasteiger partial charge in [0.25, 0.3) is 0 Å². The number of hydrogen-bond donors (Lipinski definition) is 2. The average molecular weight is 227 g/mol. The molecule has 1 aliphatic heterocycles. The molecular weight excluding hydrogens is 202 g/mol. The number of rotatable bonds is 6. The Kier molecular flexibility index (Phi) is 6.42. The molecule has 1 saturated heterocycles. The van der Waals surface area contributed by atoms with Crippen LogP contribution >= 0.6 is 0 Å². The summed E-state index contributed by atoms with van der Waals surface area (Å²) in [6, 6.07) is 0. The third-order valence-electron chi connectivity index (χ3n) is 3.00. The van der Waals surface area contributed by atoms with Gasteiger partial charge in [-0.1, -0.05) is 0 Å². The number of carbonyl (C=O) groups excluding carboxylic acids is 1. The quantitative estimate of drug-likeness (QED) is 0.647. The number of hydrogen-bond acceptors (Lipinski definition) is 3. The van der Waals surface area contributed by atoms with Gasteiger partial charge in [0.2, 0.25) is 5.91 Å². The zero-order valence-electron chi connectivity index (χ0n) is 10.6. The molecule has 0 radical (unpaired) electrons. The highest BCUT2D eigenvalue weighted by Gasteiger charge is 2.19. The minimum absolute atomic E-state index is 0.197. The summed E-state index contributed by atoms with van der Waals surface area (Å²) in [6.07, 6.45) is 4.38. The molecule has 2 N–H and O–H groups in total. The van der Waals surface area contributed by atoms with Crippen LogP contribution in [0, 0.1) is 5.92 Å². The summed E-state index contributed by atoms with van der Waals surface area (Å²) in [4.78, 5) is 13.9. The molecule has 1 aliphatic rings. The van der Waals surface area contributed by atoms with Gasteiger partial charge in [0.1, 0.15) is 0 Å². The maximum absolute atomic E-state index is 11.7. The minimum atomic E-state index is 0.197. The van der Waals surface area contributed by atoms with E-state index in [4.69, 9.17) is 0 Å². The lowest BCUT2D eigenvalue weighted by atomic mass is 9.99. The third kappa shape index (κ3) is 5.47. The maximum atomic E-state index is 11.7. The van der Waals surface area contributed by atoms with E-state index < -0.39 is 0 Å². The van der Waals surface area contributed by atoms with E-state index in [9.17, 15) is 4.79 Å². The predicted molar refractivity (Wildman–Crippen MR) is 66.4 cm³/mol. The van der Waals surface area contributed by atoms with Crippen LogP contribution in [0.15, 0.2) is 0 Å². The number of amides is 1. The first-order valence-corrected chi connectivity index (χ1v) is 6.33. The van der Waals surface area contributed by atoms with Gasteiger partial charge in [0.15, 0.2) is 0 Å². The van der Waals surface area contributed by atoms with Crippen LogP contribution in [0.3, 0.4) is 0 Å². The normalized spacial score (nSPS) is 21.1. The standard InChI is InChI=1S/C12H25N3O/c1-15(2)9-4-3-8-14-12(16)11-6-5-7-13-10-11/h11,13H,3-10H2,1-2H3,(H,14,16)/t11-/m0/s1. The molecule has 0 aromatic rings. The highest BCUT2D eigenvalue weighted by molar-refractivity contribution is 5.78. The van der Waals surface area contributed by atoms with Crippen molar-refractivity contribution >= 4 is 5.91 Å². The SMILES string of the molecule is CN(C)CCCCNC(=O)[C@H]1CCCNC1. The van der Waals surface area contributed by atoms with Gasteiger partial charge in [0, 0.05) is 13.1 Å². The molecule has 0 unspecified atom stereocenters. The van der Waals surface area contributed by atoms with E-state index in [0.29, 0.717) is 0 Å². The Labute approximate surface area is 98.8 Å². The van der Waals surface area contributed by atoms with Crippen molar-refractivity contribution in [2.45, 2.75) is 25.7 Å². The van der Waals surface area contributed by atoms with Crippen LogP contribution in [0.25, 0.3) is 0 Å². The molecule has 94 valence electrons. The second-order valence-electron chi connectivity index (χ2n) is 4.84. The van der Waals surface area contributed by atoms with Crippen molar-refractivity contribution < 1.29 is 4.79 Å². The van der Waals surface area contributed by atoms with Crippen LogP contribution in [0.4, 0.5) is 0 Å². The van der Waals surface area contributed by atoms with Crippen LogP contribution in [0.5, 0.6) is 0 Å². The summed E-state index contributed by atoms with van der Waals surface area (Å²) in [7, 11) is 4.15. The number of carbonyl (C=O) groups is 1. The molecule has 0 spiro atoms. The number of piperidine rings is 1.